The molecule has 0 N–H and O–H groups in total. The average molecular weight is 302 g/mol. The molecule has 106 valence electrons. The second-order valence-electron chi connectivity index (χ2n) is 5.74. The topological polar surface area (TPSA) is 39.2 Å². The molecule has 0 aromatic carbocycles. The molecule has 0 aliphatic heterocycles. The molecule has 1 fully saturated rings. The van der Waals surface area contributed by atoms with Crippen LogP contribution >= 0.6 is 22.9 Å². The molecule has 5 heteroatoms. The zero-order valence-electron chi connectivity index (χ0n) is 11.6. The zero-order chi connectivity index (χ0) is 14.0. The van der Waals surface area contributed by atoms with Crippen molar-refractivity contribution in [1.82, 2.24) is 4.98 Å². The van der Waals surface area contributed by atoms with Crippen LogP contribution in [0.3, 0.4) is 0 Å². The summed E-state index contributed by atoms with van der Waals surface area (Å²) in [5.74, 6) is 1.83. The molecule has 1 aromatic heterocycles. The Balaban J connectivity index is 2.11. The second kappa shape index (κ2) is 6.23. The van der Waals surface area contributed by atoms with Crippen LogP contribution in [0.25, 0.3) is 0 Å². The largest absolute Gasteiger partial charge is 0.466 e. The van der Waals surface area contributed by atoms with Crippen molar-refractivity contribution >= 4 is 29.2 Å². The summed E-state index contributed by atoms with van der Waals surface area (Å²) < 4.78 is 6.03. The first-order valence-electron chi connectivity index (χ1n) is 6.79. The Morgan fingerprint density at radius 1 is 1.47 bits per heavy atom. The fraction of sp³-hybridized carbons (Fsp3) is 0.714. The van der Waals surface area contributed by atoms with E-state index in [1.807, 2.05) is 0 Å². The van der Waals surface area contributed by atoms with E-state index >= 15 is 0 Å². The number of halogens is 1. The molecule has 1 aromatic rings. The van der Waals surface area contributed by atoms with Gasteiger partial charge in [-0.1, -0.05) is 50.1 Å². The van der Waals surface area contributed by atoms with Crippen LogP contribution < -0.4 is 4.74 Å². The highest BCUT2D eigenvalue weighted by Gasteiger charge is 2.33. The van der Waals surface area contributed by atoms with E-state index in [-0.39, 0.29) is 11.3 Å². The molecule has 3 unspecified atom stereocenters. The van der Waals surface area contributed by atoms with Crippen LogP contribution in [0.2, 0.25) is 5.15 Å². The maximum atomic E-state index is 10.8. The SMILES string of the molecule is CC1CCC(C(C)C)C(Oc2nc(Cl)c(C=O)s2)C1. The molecule has 1 aliphatic carbocycles. The molecule has 0 amide bonds. The lowest BCUT2D eigenvalue weighted by molar-refractivity contribution is 0.0458. The van der Waals surface area contributed by atoms with E-state index in [1.165, 1.54) is 24.2 Å². The molecule has 1 saturated carbocycles. The van der Waals surface area contributed by atoms with E-state index in [2.05, 4.69) is 25.8 Å². The van der Waals surface area contributed by atoms with Gasteiger partial charge in [0.15, 0.2) is 11.4 Å². The van der Waals surface area contributed by atoms with Gasteiger partial charge in [-0.2, -0.15) is 4.98 Å². The number of rotatable bonds is 4. The molecule has 0 saturated heterocycles. The Morgan fingerprint density at radius 2 is 2.21 bits per heavy atom. The lowest BCUT2D eigenvalue weighted by atomic mass is 9.75. The highest BCUT2D eigenvalue weighted by atomic mass is 35.5. The standard InChI is InChI=1S/C14H20ClNO2S/c1-8(2)10-5-4-9(3)6-11(10)18-14-16-13(15)12(7-17)19-14/h7-11H,4-6H2,1-3H3. The third-order valence-corrected chi connectivity index (χ3v) is 5.18. The number of aromatic nitrogens is 1. The Bertz CT molecular complexity index is 447. The number of hydrogen-bond acceptors (Lipinski definition) is 4. The van der Waals surface area contributed by atoms with Crippen LogP contribution in [0.4, 0.5) is 0 Å². The lowest BCUT2D eigenvalue weighted by Gasteiger charge is -2.36. The summed E-state index contributed by atoms with van der Waals surface area (Å²) in [7, 11) is 0. The monoisotopic (exact) mass is 301 g/mol. The predicted molar refractivity (Wildman–Crippen MR) is 78.3 cm³/mol. The number of thiazole rings is 1. The maximum absolute atomic E-state index is 10.8. The van der Waals surface area contributed by atoms with Crippen LogP contribution in [0, 0.1) is 17.8 Å². The molecule has 3 nitrogen and oxygen atoms in total. The Labute approximate surface area is 123 Å². The molecule has 19 heavy (non-hydrogen) atoms. The van der Waals surface area contributed by atoms with Crippen molar-refractivity contribution < 1.29 is 9.53 Å². The summed E-state index contributed by atoms with van der Waals surface area (Å²) >= 11 is 7.11. The van der Waals surface area contributed by atoms with Crippen molar-refractivity contribution in [2.45, 2.75) is 46.1 Å². The zero-order valence-corrected chi connectivity index (χ0v) is 13.1. The minimum absolute atomic E-state index is 0.186. The van der Waals surface area contributed by atoms with E-state index in [1.54, 1.807) is 0 Å². The number of ether oxygens (including phenoxy) is 1. The van der Waals surface area contributed by atoms with Gasteiger partial charge in [0.2, 0.25) is 0 Å². The third kappa shape index (κ3) is 3.48. The number of carbonyl (C=O) groups is 1. The van der Waals surface area contributed by atoms with E-state index in [4.69, 9.17) is 16.3 Å². The smallest absolute Gasteiger partial charge is 0.275 e. The van der Waals surface area contributed by atoms with E-state index in [0.717, 1.165) is 12.7 Å². The summed E-state index contributed by atoms with van der Waals surface area (Å²) in [6, 6.07) is 0. The quantitative estimate of drug-likeness (QED) is 0.771. The van der Waals surface area contributed by atoms with Gasteiger partial charge in [0.25, 0.3) is 5.19 Å². The molecule has 2 rings (SSSR count). The molecule has 0 spiro atoms. The van der Waals surface area contributed by atoms with Gasteiger partial charge >= 0.3 is 0 Å². The highest BCUT2D eigenvalue weighted by Crippen LogP contribution is 2.37. The molecule has 1 aliphatic rings. The van der Waals surface area contributed by atoms with Crippen molar-refractivity contribution in [1.29, 1.82) is 0 Å². The van der Waals surface area contributed by atoms with E-state index in [9.17, 15) is 4.79 Å². The van der Waals surface area contributed by atoms with E-state index < -0.39 is 0 Å². The molecule has 1 heterocycles. The van der Waals surface area contributed by atoms with Crippen molar-refractivity contribution in [3.63, 3.8) is 0 Å². The maximum Gasteiger partial charge on any atom is 0.275 e. The summed E-state index contributed by atoms with van der Waals surface area (Å²) in [6.07, 6.45) is 4.43. The fourth-order valence-electron chi connectivity index (χ4n) is 2.80. The Kier molecular flexibility index (Phi) is 4.85. The normalized spacial score (nSPS) is 27.5. The van der Waals surface area contributed by atoms with Crippen molar-refractivity contribution in [3.8, 4) is 5.19 Å². The van der Waals surface area contributed by atoms with Crippen LogP contribution in [0.15, 0.2) is 0 Å². The van der Waals surface area contributed by atoms with Crippen LogP contribution in [0.5, 0.6) is 5.19 Å². The van der Waals surface area contributed by atoms with Gasteiger partial charge in [-0.05, 0) is 30.6 Å². The first-order chi connectivity index (χ1) is 9.01. The van der Waals surface area contributed by atoms with Crippen molar-refractivity contribution in [3.05, 3.63) is 10.0 Å². The third-order valence-electron chi connectivity index (χ3n) is 3.91. The average Bonchev–Trinajstić information content (AvgIpc) is 2.69. The van der Waals surface area contributed by atoms with Gasteiger partial charge in [-0.25, -0.2) is 0 Å². The highest BCUT2D eigenvalue weighted by molar-refractivity contribution is 7.15. The van der Waals surface area contributed by atoms with Gasteiger partial charge in [0.1, 0.15) is 11.0 Å². The summed E-state index contributed by atoms with van der Waals surface area (Å²) in [4.78, 5) is 15.4. The van der Waals surface area contributed by atoms with Gasteiger partial charge in [-0.15, -0.1) is 0 Å². The van der Waals surface area contributed by atoms with Crippen molar-refractivity contribution in [2.75, 3.05) is 0 Å². The first-order valence-corrected chi connectivity index (χ1v) is 7.98. The molecule has 0 radical (unpaired) electrons. The molecule has 3 atom stereocenters. The summed E-state index contributed by atoms with van der Waals surface area (Å²) in [5.41, 5.74) is 0. The Hall–Kier alpha value is -0.610. The van der Waals surface area contributed by atoms with Crippen LogP contribution in [-0.4, -0.2) is 17.4 Å². The minimum atomic E-state index is 0.186. The van der Waals surface area contributed by atoms with Gasteiger partial charge in [0, 0.05) is 0 Å². The van der Waals surface area contributed by atoms with Crippen molar-refractivity contribution in [2.24, 2.45) is 17.8 Å². The molecule has 0 bridgehead atoms. The predicted octanol–water partition coefficient (Wildman–Crippen LogP) is 4.45. The summed E-state index contributed by atoms with van der Waals surface area (Å²) in [5, 5.41) is 0.775. The minimum Gasteiger partial charge on any atom is -0.466 e. The number of aldehydes is 1. The van der Waals surface area contributed by atoms with Gasteiger partial charge < -0.3 is 4.74 Å². The number of nitrogens with zero attached hydrogens (tertiary/aromatic N) is 1. The fourth-order valence-corrected chi connectivity index (χ4v) is 3.76. The number of hydrogen-bond donors (Lipinski definition) is 0. The second-order valence-corrected chi connectivity index (χ2v) is 7.09. The van der Waals surface area contributed by atoms with Crippen LogP contribution in [0.1, 0.15) is 49.7 Å². The first kappa shape index (κ1) is 14.8. The molecular weight excluding hydrogens is 282 g/mol. The Morgan fingerprint density at radius 3 is 2.79 bits per heavy atom. The van der Waals surface area contributed by atoms with E-state index in [0.29, 0.717) is 27.8 Å². The lowest BCUT2D eigenvalue weighted by Crippen LogP contribution is -2.36. The summed E-state index contributed by atoms with van der Waals surface area (Å²) in [6.45, 7) is 6.74. The number of carbonyl (C=O) groups excluding carboxylic acids is 1. The molecular formula is C14H20ClNO2S. The van der Waals surface area contributed by atoms with Gasteiger partial charge in [0.05, 0.1) is 0 Å². The van der Waals surface area contributed by atoms with Gasteiger partial charge in [-0.3, -0.25) is 4.79 Å². The van der Waals surface area contributed by atoms with Crippen LogP contribution in [-0.2, 0) is 0 Å².